The fraction of sp³-hybridized carbons (Fsp3) is 0.276. The summed E-state index contributed by atoms with van der Waals surface area (Å²) in [6.07, 6.45) is 2.74. The average molecular weight is 452 g/mol. The maximum absolute atomic E-state index is 4.94. The third kappa shape index (κ3) is 4.40. The molecule has 3 nitrogen and oxygen atoms in total. The topological polar surface area (TPSA) is 38.7 Å². The van der Waals surface area contributed by atoms with Gasteiger partial charge in [-0.25, -0.2) is 15.0 Å². The van der Waals surface area contributed by atoms with Gasteiger partial charge in [-0.05, 0) is 70.5 Å². The minimum absolute atomic E-state index is 0.0327. The van der Waals surface area contributed by atoms with E-state index in [1.54, 1.807) is 17.7 Å². The highest BCUT2D eigenvalue weighted by Crippen LogP contribution is 2.35. The zero-order valence-electron chi connectivity index (χ0n) is 19.9. The van der Waals surface area contributed by atoms with Crippen LogP contribution in [-0.4, -0.2) is 15.0 Å². The van der Waals surface area contributed by atoms with Gasteiger partial charge in [0.1, 0.15) is 11.2 Å². The molecule has 3 aromatic heterocycles. The first kappa shape index (κ1) is 21.7. The predicted octanol–water partition coefficient (Wildman–Crippen LogP) is 8.07. The van der Waals surface area contributed by atoms with Gasteiger partial charge < -0.3 is 0 Å². The number of hydrogen-bond donors (Lipinski definition) is 0. The molecule has 0 spiro atoms. The van der Waals surface area contributed by atoms with Gasteiger partial charge in [0, 0.05) is 15.8 Å². The number of nitrogens with zero attached hydrogens (tertiary/aromatic N) is 3. The molecule has 0 aliphatic rings. The van der Waals surface area contributed by atoms with Gasteiger partial charge in [0.25, 0.3) is 0 Å². The van der Waals surface area contributed by atoms with E-state index >= 15 is 0 Å². The number of fused-ring (bicyclic) bond motifs is 2. The summed E-state index contributed by atoms with van der Waals surface area (Å²) in [5, 5.41) is 3.74. The standard InChI is InChI=1S/C29H29N3S/c1-18(2)12-22-14-20-10-11-25(32-28(20)33-22)27-16-26(30-17-31-27)21-13-19-8-6-7-9-23(19)24(15-21)29(3,4)5/h6-11,13-18H,12H2,1-5H3. The summed E-state index contributed by atoms with van der Waals surface area (Å²) >= 11 is 1.79. The van der Waals surface area contributed by atoms with Gasteiger partial charge in [0.05, 0.1) is 17.1 Å². The first-order valence-electron chi connectivity index (χ1n) is 11.5. The van der Waals surface area contributed by atoms with Crippen molar-refractivity contribution in [1.82, 2.24) is 15.0 Å². The lowest BCUT2D eigenvalue weighted by Gasteiger charge is -2.22. The van der Waals surface area contributed by atoms with Crippen molar-refractivity contribution >= 4 is 32.3 Å². The van der Waals surface area contributed by atoms with E-state index in [1.165, 1.54) is 26.6 Å². The quantitative estimate of drug-likeness (QED) is 0.277. The summed E-state index contributed by atoms with van der Waals surface area (Å²) < 4.78 is 0. The molecule has 5 rings (SSSR count). The molecular formula is C29H29N3S. The van der Waals surface area contributed by atoms with Crippen LogP contribution in [0.2, 0.25) is 0 Å². The second-order valence-corrected chi connectivity index (χ2v) is 11.3. The molecule has 0 atom stereocenters. The van der Waals surface area contributed by atoms with Gasteiger partial charge in [0.15, 0.2) is 0 Å². The monoisotopic (exact) mass is 451 g/mol. The molecule has 166 valence electrons. The molecule has 0 unspecified atom stereocenters. The zero-order chi connectivity index (χ0) is 23.2. The minimum atomic E-state index is 0.0327. The second-order valence-electron chi connectivity index (χ2n) is 10.2. The predicted molar refractivity (Wildman–Crippen MR) is 141 cm³/mol. The Labute approximate surface area is 199 Å². The summed E-state index contributed by atoms with van der Waals surface area (Å²) in [6, 6.07) is 21.7. The molecule has 0 amide bonds. The molecule has 0 fully saturated rings. The highest BCUT2D eigenvalue weighted by Gasteiger charge is 2.19. The van der Waals surface area contributed by atoms with Crippen molar-refractivity contribution < 1.29 is 0 Å². The van der Waals surface area contributed by atoms with Crippen LogP contribution in [0.3, 0.4) is 0 Å². The van der Waals surface area contributed by atoms with Crippen LogP contribution in [0.5, 0.6) is 0 Å². The van der Waals surface area contributed by atoms with E-state index in [-0.39, 0.29) is 5.41 Å². The Kier molecular flexibility index (Phi) is 5.49. The molecule has 0 aliphatic heterocycles. The van der Waals surface area contributed by atoms with Crippen molar-refractivity contribution in [3.05, 3.63) is 77.4 Å². The van der Waals surface area contributed by atoms with Gasteiger partial charge in [-0.15, -0.1) is 11.3 Å². The largest absolute Gasteiger partial charge is 0.236 e. The number of benzene rings is 2. The third-order valence-corrected chi connectivity index (χ3v) is 7.01. The van der Waals surface area contributed by atoms with E-state index in [0.29, 0.717) is 5.92 Å². The fourth-order valence-corrected chi connectivity index (χ4v) is 5.59. The van der Waals surface area contributed by atoms with Crippen molar-refractivity contribution in [2.45, 2.75) is 46.5 Å². The summed E-state index contributed by atoms with van der Waals surface area (Å²) in [5.41, 5.74) is 5.13. The molecule has 3 heterocycles. The van der Waals surface area contributed by atoms with E-state index in [2.05, 4.69) is 105 Å². The van der Waals surface area contributed by atoms with Crippen LogP contribution in [0, 0.1) is 5.92 Å². The van der Waals surface area contributed by atoms with Crippen LogP contribution < -0.4 is 0 Å². The van der Waals surface area contributed by atoms with Gasteiger partial charge in [-0.3, -0.25) is 0 Å². The fourth-order valence-electron chi connectivity index (χ4n) is 4.35. The number of thiophene rings is 1. The van der Waals surface area contributed by atoms with Crippen molar-refractivity contribution in [3.8, 4) is 22.6 Å². The van der Waals surface area contributed by atoms with E-state index < -0.39 is 0 Å². The summed E-state index contributed by atoms with van der Waals surface area (Å²) in [4.78, 5) is 16.6. The van der Waals surface area contributed by atoms with E-state index in [9.17, 15) is 0 Å². The SMILES string of the molecule is CC(C)Cc1cc2ccc(-c3cc(-c4cc(C(C)(C)C)c5ccccc5c4)ncn3)nc2s1. The van der Waals surface area contributed by atoms with E-state index in [0.717, 1.165) is 33.9 Å². The van der Waals surface area contributed by atoms with Crippen molar-refractivity contribution in [2.24, 2.45) is 5.92 Å². The molecule has 0 N–H and O–H groups in total. The molecule has 0 saturated carbocycles. The molecule has 2 aromatic carbocycles. The van der Waals surface area contributed by atoms with Crippen LogP contribution in [0.1, 0.15) is 45.1 Å². The Bertz CT molecular complexity index is 1460. The lowest BCUT2D eigenvalue weighted by Crippen LogP contribution is -2.12. The summed E-state index contributed by atoms with van der Waals surface area (Å²) in [7, 11) is 0. The van der Waals surface area contributed by atoms with Gasteiger partial charge in [-0.1, -0.05) is 58.9 Å². The van der Waals surface area contributed by atoms with E-state index in [4.69, 9.17) is 4.98 Å². The lowest BCUT2D eigenvalue weighted by atomic mass is 9.82. The Morgan fingerprint density at radius 3 is 2.39 bits per heavy atom. The Morgan fingerprint density at radius 2 is 1.61 bits per heavy atom. The molecule has 5 aromatic rings. The van der Waals surface area contributed by atoms with Crippen LogP contribution >= 0.6 is 11.3 Å². The Balaban J connectivity index is 1.58. The minimum Gasteiger partial charge on any atom is -0.236 e. The van der Waals surface area contributed by atoms with Crippen LogP contribution in [-0.2, 0) is 11.8 Å². The molecule has 0 saturated heterocycles. The molecular weight excluding hydrogens is 422 g/mol. The average Bonchev–Trinajstić information content (AvgIpc) is 3.18. The summed E-state index contributed by atoms with van der Waals surface area (Å²) in [6.45, 7) is 11.3. The van der Waals surface area contributed by atoms with E-state index in [1.807, 2.05) is 0 Å². The van der Waals surface area contributed by atoms with Gasteiger partial charge >= 0.3 is 0 Å². The normalized spacial score (nSPS) is 12.2. The maximum atomic E-state index is 4.94. The molecule has 0 radical (unpaired) electrons. The van der Waals surface area contributed by atoms with Crippen LogP contribution in [0.25, 0.3) is 43.6 Å². The number of rotatable bonds is 4. The number of hydrogen-bond acceptors (Lipinski definition) is 4. The molecule has 0 bridgehead atoms. The number of aromatic nitrogens is 3. The van der Waals surface area contributed by atoms with Crippen molar-refractivity contribution in [2.75, 3.05) is 0 Å². The van der Waals surface area contributed by atoms with Crippen LogP contribution in [0.15, 0.2) is 67.0 Å². The molecule has 4 heteroatoms. The lowest BCUT2D eigenvalue weighted by molar-refractivity contribution is 0.596. The Hall–Kier alpha value is -3.11. The Morgan fingerprint density at radius 1 is 0.818 bits per heavy atom. The zero-order valence-corrected chi connectivity index (χ0v) is 20.7. The smallest absolute Gasteiger partial charge is 0.124 e. The van der Waals surface area contributed by atoms with Crippen molar-refractivity contribution in [1.29, 1.82) is 0 Å². The second kappa shape index (κ2) is 8.35. The third-order valence-electron chi connectivity index (χ3n) is 5.94. The van der Waals surface area contributed by atoms with Crippen LogP contribution in [0.4, 0.5) is 0 Å². The highest BCUT2D eigenvalue weighted by atomic mass is 32.1. The number of pyridine rings is 1. The summed E-state index contributed by atoms with van der Waals surface area (Å²) in [5.74, 6) is 0.641. The molecule has 0 aliphatic carbocycles. The highest BCUT2D eigenvalue weighted by molar-refractivity contribution is 7.18. The van der Waals surface area contributed by atoms with Crippen molar-refractivity contribution in [3.63, 3.8) is 0 Å². The first-order valence-corrected chi connectivity index (χ1v) is 12.3. The maximum Gasteiger partial charge on any atom is 0.124 e. The first-order chi connectivity index (χ1) is 15.8. The van der Waals surface area contributed by atoms with Gasteiger partial charge in [-0.2, -0.15) is 0 Å². The molecule has 33 heavy (non-hydrogen) atoms. The van der Waals surface area contributed by atoms with Gasteiger partial charge in [0.2, 0.25) is 0 Å².